The Morgan fingerprint density at radius 3 is 2.50 bits per heavy atom. The molecule has 2 rings (SSSR count). The third-order valence-corrected chi connectivity index (χ3v) is 6.73. The van der Waals surface area contributed by atoms with Crippen molar-refractivity contribution in [3.05, 3.63) is 35.9 Å². The first kappa shape index (κ1) is 20.5. The molecule has 1 aromatic heterocycles. The Bertz CT molecular complexity index is 848. The largest absolute Gasteiger partial charge is 0.301 e. The molecule has 1 heterocycles. The van der Waals surface area contributed by atoms with E-state index >= 15 is 0 Å². The van der Waals surface area contributed by atoms with Gasteiger partial charge < -0.3 is 5.32 Å². The fourth-order valence-corrected chi connectivity index (χ4v) is 4.88. The van der Waals surface area contributed by atoms with Gasteiger partial charge in [-0.1, -0.05) is 62.4 Å². The Kier molecular flexibility index (Phi) is 6.48. The van der Waals surface area contributed by atoms with Gasteiger partial charge in [-0.05, 0) is 24.3 Å². The molecule has 1 atom stereocenters. The van der Waals surface area contributed by atoms with Gasteiger partial charge in [0.1, 0.15) is 0 Å². The molecule has 1 aromatic carbocycles. The molecule has 0 radical (unpaired) electrons. The maximum atomic E-state index is 12.5. The zero-order valence-electron chi connectivity index (χ0n) is 15.3. The van der Waals surface area contributed by atoms with Gasteiger partial charge in [-0.3, -0.25) is 4.79 Å². The average molecular weight is 397 g/mol. The molecule has 26 heavy (non-hydrogen) atoms. The summed E-state index contributed by atoms with van der Waals surface area (Å²) in [5, 5.41) is 10.1. The summed E-state index contributed by atoms with van der Waals surface area (Å²) < 4.78 is 27.5. The summed E-state index contributed by atoms with van der Waals surface area (Å²) in [7, 11) is -3.79. The van der Waals surface area contributed by atoms with Crippen LogP contribution in [-0.4, -0.2) is 30.6 Å². The lowest BCUT2D eigenvalue weighted by Crippen LogP contribution is -2.37. The first-order valence-electron chi connectivity index (χ1n) is 8.35. The second kappa shape index (κ2) is 8.24. The second-order valence-corrected chi connectivity index (χ2v) is 9.62. The van der Waals surface area contributed by atoms with E-state index in [1.165, 1.54) is 0 Å². The third kappa shape index (κ3) is 5.33. The first-order chi connectivity index (χ1) is 12.1. The second-order valence-electron chi connectivity index (χ2n) is 6.75. The van der Waals surface area contributed by atoms with E-state index in [1.807, 2.05) is 37.3 Å². The molecule has 7 nitrogen and oxygen atoms in total. The summed E-state index contributed by atoms with van der Waals surface area (Å²) in [6, 6.07) is 9.67. The lowest BCUT2D eigenvalue weighted by atomic mass is 9.79. The highest BCUT2D eigenvalue weighted by atomic mass is 32.2. The number of rotatable bonds is 8. The predicted octanol–water partition coefficient (Wildman–Crippen LogP) is 2.92. The van der Waals surface area contributed by atoms with Gasteiger partial charge in [-0.25, -0.2) is 13.1 Å². The number of carbonyl (C=O) groups is 1. The summed E-state index contributed by atoms with van der Waals surface area (Å²) in [6.07, 6.45) is 0.903. The first-order valence-corrected chi connectivity index (χ1v) is 10.6. The van der Waals surface area contributed by atoms with E-state index in [0.717, 1.165) is 16.9 Å². The number of nitrogens with one attached hydrogen (secondary N) is 2. The Labute approximate surface area is 158 Å². The highest BCUT2D eigenvalue weighted by Crippen LogP contribution is 2.29. The molecule has 0 saturated heterocycles. The number of sulfonamides is 1. The van der Waals surface area contributed by atoms with Crippen molar-refractivity contribution in [2.75, 3.05) is 5.32 Å². The maximum absolute atomic E-state index is 12.5. The van der Waals surface area contributed by atoms with E-state index in [1.54, 1.807) is 6.92 Å². The molecule has 0 bridgehead atoms. The SMILES string of the molecule is CCC(=O)Nc1nnc(S(=O)(=O)NC(C)CC(C)(C)c2ccccc2)s1. The molecule has 0 fully saturated rings. The van der Waals surface area contributed by atoms with Crippen LogP contribution in [0.25, 0.3) is 0 Å². The van der Waals surface area contributed by atoms with E-state index in [9.17, 15) is 13.2 Å². The van der Waals surface area contributed by atoms with Crippen molar-refractivity contribution < 1.29 is 13.2 Å². The van der Waals surface area contributed by atoms with E-state index in [0.29, 0.717) is 6.42 Å². The average Bonchev–Trinajstić information content (AvgIpc) is 3.04. The van der Waals surface area contributed by atoms with Crippen molar-refractivity contribution >= 4 is 32.4 Å². The van der Waals surface area contributed by atoms with Crippen molar-refractivity contribution in [1.29, 1.82) is 0 Å². The summed E-state index contributed by atoms with van der Waals surface area (Å²) in [4.78, 5) is 11.4. The molecular formula is C17H24N4O3S2. The van der Waals surface area contributed by atoms with Crippen LogP contribution >= 0.6 is 11.3 Å². The zero-order chi connectivity index (χ0) is 19.4. The smallest absolute Gasteiger partial charge is 0.270 e. The molecule has 0 aliphatic rings. The highest BCUT2D eigenvalue weighted by Gasteiger charge is 2.28. The van der Waals surface area contributed by atoms with Gasteiger partial charge in [0, 0.05) is 12.5 Å². The number of benzene rings is 1. The third-order valence-electron chi connectivity index (χ3n) is 3.93. The highest BCUT2D eigenvalue weighted by molar-refractivity contribution is 7.91. The van der Waals surface area contributed by atoms with Crippen molar-refractivity contribution in [2.45, 2.75) is 56.3 Å². The molecule has 0 aliphatic carbocycles. The Morgan fingerprint density at radius 2 is 1.88 bits per heavy atom. The number of hydrogen-bond acceptors (Lipinski definition) is 6. The Hall–Kier alpha value is -1.84. The lowest BCUT2D eigenvalue weighted by molar-refractivity contribution is -0.115. The Morgan fingerprint density at radius 1 is 1.23 bits per heavy atom. The normalized spacial score (nSPS) is 13.4. The van der Waals surface area contributed by atoms with Crippen LogP contribution in [0.3, 0.4) is 0 Å². The minimum atomic E-state index is -3.79. The quantitative estimate of drug-likeness (QED) is 0.668. The van der Waals surface area contributed by atoms with E-state index in [2.05, 4.69) is 34.1 Å². The Balaban J connectivity index is 2.05. The number of hydrogen-bond donors (Lipinski definition) is 2. The predicted molar refractivity (Wildman–Crippen MR) is 103 cm³/mol. The molecule has 0 aliphatic heterocycles. The molecule has 0 spiro atoms. The minimum absolute atomic E-state index is 0.159. The van der Waals surface area contributed by atoms with Crippen LogP contribution in [-0.2, 0) is 20.2 Å². The molecule has 9 heteroatoms. The number of nitrogens with zero attached hydrogens (tertiary/aromatic N) is 2. The van der Waals surface area contributed by atoms with Gasteiger partial charge >= 0.3 is 0 Å². The van der Waals surface area contributed by atoms with Crippen LogP contribution in [0, 0.1) is 0 Å². The summed E-state index contributed by atoms with van der Waals surface area (Å²) >= 11 is 0.835. The van der Waals surface area contributed by atoms with Crippen molar-refractivity contribution in [3.63, 3.8) is 0 Å². The summed E-state index contributed by atoms with van der Waals surface area (Å²) in [5.41, 5.74) is 0.955. The van der Waals surface area contributed by atoms with Crippen molar-refractivity contribution in [2.24, 2.45) is 0 Å². The molecular weight excluding hydrogens is 372 g/mol. The zero-order valence-corrected chi connectivity index (χ0v) is 16.9. The van der Waals surface area contributed by atoms with E-state index < -0.39 is 10.0 Å². The van der Waals surface area contributed by atoms with Crippen LogP contribution in [0.15, 0.2) is 34.7 Å². The van der Waals surface area contributed by atoms with Gasteiger partial charge in [0.15, 0.2) is 0 Å². The molecule has 0 saturated carbocycles. The minimum Gasteiger partial charge on any atom is -0.301 e. The maximum Gasteiger partial charge on any atom is 0.270 e. The van der Waals surface area contributed by atoms with Gasteiger partial charge in [-0.15, -0.1) is 10.2 Å². The summed E-state index contributed by atoms with van der Waals surface area (Å²) in [6.45, 7) is 7.68. The van der Waals surface area contributed by atoms with Crippen molar-refractivity contribution in [3.8, 4) is 0 Å². The molecule has 1 amide bonds. The lowest BCUT2D eigenvalue weighted by Gasteiger charge is -2.28. The molecule has 2 aromatic rings. The summed E-state index contributed by atoms with van der Waals surface area (Å²) in [5.74, 6) is -0.240. The van der Waals surface area contributed by atoms with Crippen LogP contribution in [0.5, 0.6) is 0 Å². The van der Waals surface area contributed by atoms with E-state index in [-0.39, 0.29) is 33.3 Å². The fourth-order valence-electron chi connectivity index (χ4n) is 2.71. The number of anilines is 1. The molecule has 142 valence electrons. The number of carbonyl (C=O) groups excluding carboxylic acids is 1. The number of amides is 1. The fraction of sp³-hybridized carbons (Fsp3) is 0.471. The molecule has 1 unspecified atom stereocenters. The monoisotopic (exact) mass is 396 g/mol. The van der Waals surface area contributed by atoms with Gasteiger partial charge in [-0.2, -0.15) is 0 Å². The van der Waals surface area contributed by atoms with Gasteiger partial charge in [0.05, 0.1) is 0 Å². The van der Waals surface area contributed by atoms with Crippen LogP contribution < -0.4 is 10.0 Å². The van der Waals surface area contributed by atoms with Crippen LogP contribution in [0.4, 0.5) is 5.13 Å². The topological polar surface area (TPSA) is 101 Å². The van der Waals surface area contributed by atoms with Crippen LogP contribution in [0.1, 0.15) is 46.1 Å². The van der Waals surface area contributed by atoms with Crippen molar-refractivity contribution in [1.82, 2.24) is 14.9 Å². The van der Waals surface area contributed by atoms with Gasteiger partial charge in [0.2, 0.25) is 15.4 Å². The molecule has 2 N–H and O–H groups in total. The van der Waals surface area contributed by atoms with Gasteiger partial charge in [0.25, 0.3) is 10.0 Å². The van der Waals surface area contributed by atoms with Crippen LogP contribution in [0.2, 0.25) is 0 Å². The van der Waals surface area contributed by atoms with E-state index in [4.69, 9.17) is 0 Å². The number of aromatic nitrogens is 2. The standard InChI is InChI=1S/C17H24N4O3S2/c1-5-14(22)18-15-19-20-16(25-15)26(23,24)21-12(2)11-17(3,4)13-9-7-6-8-10-13/h6-10,12,21H,5,11H2,1-4H3,(H,18,19,22).